The molecule has 0 radical (unpaired) electrons. The molecular weight excluding hydrogens is 328 g/mol. The van der Waals surface area contributed by atoms with E-state index in [1.165, 1.54) is 0 Å². The molecule has 0 N–H and O–H groups in total. The summed E-state index contributed by atoms with van der Waals surface area (Å²) in [4.78, 5) is 0. The first-order valence-corrected chi connectivity index (χ1v) is 9.33. The number of ether oxygens (including phenoxy) is 4. The summed E-state index contributed by atoms with van der Waals surface area (Å²) in [5, 5.41) is 0. The van der Waals surface area contributed by atoms with Crippen molar-refractivity contribution in [3.05, 3.63) is 72.9 Å². The summed E-state index contributed by atoms with van der Waals surface area (Å²) < 4.78 is 25.0. The van der Waals surface area contributed by atoms with Crippen LogP contribution in [0.2, 0.25) is 0 Å². The molecule has 0 amide bonds. The molecule has 4 nitrogen and oxygen atoms in total. The highest BCUT2D eigenvalue weighted by atomic mass is 16.8. The molecule has 4 heteroatoms. The molecule has 3 rings (SSSR count). The standard InChI is InChI=1S/C22H28O4/c1-5-12-15(6-2)21-23-17(7-3)20-19(25-21)18(8-4)24-22(26-20)16-13-10-9-11-14-16/h5-6,9-14,17-22H,1-2,7-8H2,3-4H3/b15-12+/t17-,18?,19?,20?,21?,22?/m1/s1. The maximum Gasteiger partial charge on any atom is 0.184 e. The van der Waals surface area contributed by atoms with Gasteiger partial charge in [0, 0.05) is 11.1 Å². The predicted octanol–water partition coefficient (Wildman–Crippen LogP) is 4.70. The van der Waals surface area contributed by atoms with Gasteiger partial charge in [-0.15, -0.1) is 0 Å². The van der Waals surface area contributed by atoms with Crippen LogP contribution in [0.4, 0.5) is 0 Å². The van der Waals surface area contributed by atoms with Crippen molar-refractivity contribution in [2.45, 2.75) is 63.7 Å². The van der Waals surface area contributed by atoms with Crippen molar-refractivity contribution in [3.63, 3.8) is 0 Å². The van der Waals surface area contributed by atoms with E-state index in [9.17, 15) is 0 Å². The van der Waals surface area contributed by atoms with Crippen molar-refractivity contribution in [1.29, 1.82) is 0 Å². The van der Waals surface area contributed by atoms with Crippen LogP contribution in [0, 0.1) is 0 Å². The minimum Gasteiger partial charge on any atom is -0.342 e. The van der Waals surface area contributed by atoms with Crippen LogP contribution < -0.4 is 0 Å². The van der Waals surface area contributed by atoms with Gasteiger partial charge in [-0.1, -0.05) is 75.6 Å². The number of allylic oxidation sites excluding steroid dienone is 2. The van der Waals surface area contributed by atoms with Crippen LogP contribution in [0.25, 0.3) is 0 Å². The normalized spacial score (nSPS) is 34.8. The molecule has 2 fully saturated rings. The Bertz CT molecular complexity index is 639. The second-order valence-electron chi connectivity index (χ2n) is 6.55. The molecule has 2 aliphatic rings. The Morgan fingerprint density at radius 2 is 1.58 bits per heavy atom. The average molecular weight is 356 g/mol. The van der Waals surface area contributed by atoms with Crippen LogP contribution in [0.5, 0.6) is 0 Å². The molecule has 1 aromatic carbocycles. The number of fused-ring (bicyclic) bond motifs is 1. The number of rotatable bonds is 6. The fourth-order valence-electron chi connectivity index (χ4n) is 3.54. The highest BCUT2D eigenvalue weighted by Crippen LogP contribution is 2.39. The SMILES string of the molecule is C=C/C=C(\C=C)C1OC2C(CC)OC(c3ccccc3)OC2[C@@H](CC)O1. The van der Waals surface area contributed by atoms with Crippen molar-refractivity contribution in [2.24, 2.45) is 0 Å². The van der Waals surface area contributed by atoms with Crippen LogP contribution >= 0.6 is 0 Å². The van der Waals surface area contributed by atoms with Crippen molar-refractivity contribution in [1.82, 2.24) is 0 Å². The van der Waals surface area contributed by atoms with Gasteiger partial charge in [0.2, 0.25) is 0 Å². The maximum atomic E-state index is 6.30. The summed E-state index contributed by atoms with van der Waals surface area (Å²) in [5.41, 5.74) is 1.87. The summed E-state index contributed by atoms with van der Waals surface area (Å²) >= 11 is 0. The van der Waals surface area contributed by atoms with Gasteiger partial charge in [0.1, 0.15) is 12.2 Å². The summed E-state index contributed by atoms with van der Waals surface area (Å²) in [7, 11) is 0. The van der Waals surface area contributed by atoms with E-state index in [1.807, 2.05) is 36.4 Å². The van der Waals surface area contributed by atoms with Gasteiger partial charge < -0.3 is 18.9 Å². The van der Waals surface area contributed by atoms with E-state index in [0.29, 0.717) is 0 Å². The van der Waals surface area contributed by atoms with Gasteiger partial charge in [-0.3, -0.25) is 0 Å². The van der Waals surface area contributed by atoms with Gasteiger partial charge in [-0.2, -0.15) is 0 Å². The molecule has 140 valence electrons. The first-order valence-electron chi connectivity index (χ1n) is 9.33. The zero-order valence-electron chi connectivity index (χ0n) is 15.5. The second kappa shape index (κ2) is 8.78. The molecule has 0 saturated carbocycles. The van der Waals surface area contributed by atoms with Crippen molar-refractivity contribution in [2.75, 3.05) is 0 Å². The van der Waals surface area contributed by atoms with E-state index in [-0.39, 0.29) is 24.4 Å². The number of hydrogen-bond donors (Lipinski definition) is 0. The van der Waals surface area contributed by atoms with Gasteiger partial charge in [0.25, 0.3) is 0 Å². The van der Waals surface area contributed by atoms with Crippen molar-refractivity contribution >= 4 is 0 Å². The number of benzene rings is 1. The van der Waals surface area contributed by atoms with Crippen molar-refractivity contribution < 1.29 is 18.9 Å². The van der Waals surface area contributed by atoms with Crippen molar-refractivity contribution in [3.8, 4) is 0 Å². The van der Waals surface area contributed by atoms with Crippen LogP contribution in [0.15, 0.2) is 67.3 Å². The van der Waals surface area contributed by atoms with Gasteiger partial charge in [-0.25, -0.2) is 0 Å². The summed E-state index contributed by atoms with van der Waals surface area (Å²) in [6.07, 6.45) is 5.63. The smallest absolute Gasteiger partial charge is 0.184 e. The van der Waals surface area contributed by atoms with E-state index >= 15 is 0 Å². The Balaban J connectivity index is 1.85. The van der Waals surface area contributed by atoms with Crippen LogP contribution in [0.3, 0.4) is 0 Å². The Labute approximate surface area is 156 Å². The topological polar surface area (TPSA) is 36.9 Å². The van der Waals surface area contributed by atoms with Crippen LogP contribution in [-0.4, -0.2) is 30.7 Å². The van der Waals surface area contributed by atoms with E-state index in [1.54, 1.807) is 12.2 Å². The zero-order chi connectivity index (χ0) is 18.5. The van der Waals surface area contributed by atoms with Gasteiger partial charge in [-0.05, 0) is 12.8 Å². The Morgan fingerprint density at radius 1 is 0.923 bits per heavy atom. The molecule has 0 bridgehead atoms. The molecule has 2 heterocycles. The molecule has 5 unspecified atom stereocenters. The lowest BCUT2D eigenvalue weighted by Gasteiger charge is -2.49. The second-order valence-corrected chi connectivity index (χ2v) is 6.55. The number of hydrogen-bond acceptors (Lipinski definition) is 4. The largest absolute Gasteiger partial charge is 0.342 e. The lowest BCUT2D eigenvalue weighted by atomic mass is 9.95. The van der Waals surface area contributed by atoms with E-state index in [2.05, 4.69) is 27.0 Å². The molecule has 2 saturated heterocycles. The first-order chi connectivity index (χ1) is 12.7. The monoisotopic (exact) mass is 356 g/mol. The maximum absolute atomic E-state index is 6.30. The molecule has 0 spiro atoms. The molecule has 1 aromatic rings. The Kier molecular flexibility index (Phi) is 6.43. The molecule has 26 heavy (non-hydrogen) atoms. The highest BCUT2D eigenvalue weighted by molar-refractivity contribution is 5.24. The highest BCUT2D eigenvalue weighted by Gasteiger charge is 2.49. The lowest BCUT2D eigenvalue weighted by molar-refractivity contribution is -0.372. The molecular formula is C22H28O4. The lowest BCUT2D eigenvalue weighted by Crippen LogP contribution is -2.59. The third-order valence-electron chi connectivity index (χ3n) is 4.91. The molecule has 0 aromatic heterocycles. The van der Waals surface area contributed by atoms with E-state index < -0.39 is 12.6 Å². The van der Waals surface area contributed by atoms with Gasteiger partial charge >= 0.3 is 0 Å². The summed E-state index contributed by atoms with van der Waals surface area (Å²) in [6, 6.07) is 10.0. The third kappa shape index (κ3) is 3.84. The predicted molar refractivity (Wildman–Crippen MR) is 102 cm³/mol. The quantitative estimate of drug-likeness (QED) is 0.693. The van der Waals surface area contributed by atoms with Gasteiger partial charge in [0.15, 0.2) is 12.6 Å². The zero-order valence-corrected chi connectivity index (χ0v) is 15.5. The molecule has 2 aliphatic heterocycles. The Hall–Kier alpha value is -1.72. The Morgan fingerprint density at radius 3 is 2.19 bits per heavy atom. The fraction of sp³-hybridized carbons (Fsp3) is 0.455. The van der Waals surface area contributed by atoms with E-state index in [4.69, 9.17) is 18.9 Å². The molecule has 6 atom stereocenters. The van der Waals surface area contributed by atoms with Crippen LogP contribution in [0.1, 0.15) is 38.5 Å². The van der Waals surface area contributed by atoms with Crippen LogP contribution in [-0.2, 0) is 18.9 Å². The first kappa shape index (κ1) is 19.1. The fourth-order valence-corrected chi connectivity index (χ4v) is 3.54. The summed E-state index contributed by atoms with van der Waals surface area (Å²) in [6.45, 7) is 11.8. The molecule has 0 aliphatic carbocycles. The minimum atomic E-state index is -0.480. The minimum absolute atomic E-state index is 0.0609. The average Bonchev–Trinajstić information content (AvgIpc) is 2.70. The third-order valence-corrected chi connectivity index (χ3v) is 4.91. The van der Waals surface area contributed by atoms with Gasteiger partial charge in [0.05, 0.1) is 12.2 Å². The van der Waals surface area contributed by atoms with E-state index in [0.717, 1.165) is 24.0 Å². The summed E-state index contributed by atoms with van der Waals surface area (Å²) in [5.74, 6) is 0.